The summed E-state index contributed by atoms with van der Waals surface area (Å²) < 4.78 is 17.6. The first-order chi connectivity index (χ1) is 16.4. The maximum atomic E-state index is 13.1. The fraction of sp³-hybridized carbons (Fsp3) is 0.692. The zero-order chi connectivity index (χ0) is 26.0. The molecule has 2 aliphatic rings. The zero-order valence-electron chi connectivity index (χ0n) is 22.1. The summed E-state index contributed by atoms with van der Waals surface area (Å²) in [5.74, 6) is -0.249. The molecule has 0 saturated carbocycles. The van der Waals surface area contributed by atoms with Crippen LogP contribution in [-0.2, 0) is 31.7 Å². The molecular weight excluding hydrogens is 447 g/mol. The van der Waals surface area contributed by atoms with E-state index in [1.807, 2.05) is 45.9 Å². The van der Waals surface area contributed by atoms with Crippen LogP contribution in [-0.4, -0.2) is 60.9 Å². The average Bonchev–Trinajstić information content (AvgIpc) is 3.02. The Morgan fingerprint density at radius 1 is 1.14 bits per heavy atom. The molecule has 1 aromatic rings. The molecule has 194 valence electrons. The number of aryl methyl sites for hydroxylation is 1. The van der Waals surface area contributed by atoms with Gasteiger partial charge in [-0.25, -0.2) is 0 Å². The number of hydrogen-bond donors (Lipinski definition) is 3. The number of aliphatic hydroxyl groups excluding tert-OH is 1. The summed E-state index contributed by atoms with van der Waals surface area (Å²) >= 11 is 0. The van der Waals surface area contributed by atoms with Gasteiger partial charge in [0.15, 0.2) is 0 Å². The smallest absolute Gasteiger partial charge is 0.481 e. The Bertz CT molecular complexity index is 903. The number of amides is 2. The average molecular weight is 488 g/mol. The van der Waals surface area contributed by atoms with Crippen LogP contribution in [0.4, 0.5) is 0 Å². The SMILES string of the molecule is COc1ccc2c(c1)CCC(C(=O)N[C@@H](CO)C(=O)NC(CC(C)C)B1OC(C)(C)C(C)(C)O1)C2. The zero-order valence-corrected chi connectivity index (χ0v) is 22.1. The van der Waals surface area contributed by atoms with E-state index >= 15 is 0 Å². The molecule has 0 radical (unpaired) electrons. The van der Waals surface area contributed by atoms with Gasteiger partial charge in [0.25, 0.3) is 0 Å². The van der Waals surface area contributed by atoms with Crippen LogP contribution in [0.1, 0.15) is 65.5 Å². The Morgan fingerprint density at radius 2 is 1.80 bits per heavy atom. The molecule has 35 heavy (non-hydrogen) atoms. The van der Waals surface area contributed by atoms with Crippen LogP contribution in [0.2, 0.25) is 0 Å². The Labute approximate surface area is 209 Å². The largest absolute Gasteiger partial charge is 0.497 e. The van der Waals surface area contributed by atoms with Gasteiger partial charge in [0, 0.05) is 5.92 Å². The second-order valence-corrected chi connectivity index (χ2v) is 11.2. The first-order valence-corrected chi connectivity index (χ1v) is 12.6. The predicted octanol–water partition coefficient (Wildman–Crippen LogP) is 2.44. The molecule has 1 saturated heterocycles. The molecule has 0 spiro atoms. The van der Waals surface area contributed by atoms with Crippen molar-refractivity contribution >= 4 is 18.9 Å². The third-order valence-electron chi connectivity index (χ3n) is 7.48. The van der Waals surface area contributed by atoms with Gasteiger partial charge >= 0.3 is 7.12 Å². The number of ether oxygens (including phenoxy) is 1. The Hall–Kier alpha value is -2.10. The second kappa shape index (κ2) is 10.9. The predicted molar refractivity (Wildman–Crippen MR) is 135 cm³/mol. The van der Waals surface area contributed by atoms with Crippen LogP contribution in [0.3, 0.4) is 0 Å². The van der Waals surface area contributed by atoms with E-state index in [2.05, 4.69) is 24.5 Å². The molecule has 9 heteroatoms. The van der Waals surface area contributed by atoms with E-state index in [1.165, 1.54) is 5.56 Å². The Kier molecular flexibility index (Phi) is 8.55. The number of carbonyl (C=O) groups excluding carboxylic acids is 2. The van der Waals surface area contributed by atoms with Gasteiger partial charge in [-0.3, -0.25) is 9.59 Å². The molecule has 3 atom stereocenters. The minimum absolute atomic E-state index is 0.225. The quantitative estimate of drug-likeness (QED) is 0.461. The highest BCUT2D eigenvalue weighted by atomic mass is 16.7. The van der Waals surface area contributed by atoms with Crippen molar-refractivity contribution < 1.29 is 28.7 Å². The summed E-state index contributed by atoms with van der Waals surface area (Å²) in [7, 11) is 1.02. The molecule has 3 N–H and O–H groups in total. The molecule has 1 fully saturated rings. The molecule has 1 heterocycles. The fourth-order valence-corrected chi connectivity index (χ4v) is 4.65. The highest BCUT2D eigenvalue weighted by Gasteiger charge is 2.54. The monoisotopic (exact) mass is 488 g/mol. The number of methoxy groups -OCH3 is 1. The molecule has 0 bridgehead atoms. The van der Waals surface area contributed by atoms with Crippen molar-refractivity contribution in [2.75, 3.05) is 13.7 Å². The first kappa shape index (κ1) is 27.5. The van der Waals surface area contributed by atoms with Gasteiger partial charge in [-0.2, -0.15) is 0 Å². The summed E-state index contributed by atoms with van der Waals surface area (Å²) in [5, 5.41) is 15.7. The van der Waals surface area contributed by atoms with Crippen molar-refractivity contribution in [1.82, 2.24) is 10.6 Å². The van der Waals surface area contributed by atoms with E-state index in [4.69, 9.17) is 14.0 Å². The standard InChI is InChI=1S/C26H41BN2O6/c1-16(2)12-22(27-34-25(3,4)26(5,6)35-27)29-24(32)21(15-30)28-23(31)19-9-8-18-14-20(33-7)11-10-17(18)13-19/h10-11,14,16,19,21-22,30H,8-9,12-13,15H2,1-7H3,(H,28,31)(H,29,32)/t19?,21-,22?/m0/s1. The lowest BCUT2D eigenvalue weighted by Crippen LogP contribution is -2.56. The molecule has 1 aliphatic heterocycles. The number of nitrogens with one attached hydrogen (secondary N) is 2. The number of benzene rings is 1. The Morgan fingerprint density at radius 3 is 2.37 bits per heavy atom. The first-order valence-electron chi connectivity index (χ1n) is 12.6. The van der Waals surface area contributed by atoms with E-state index in [1.54, 1.807) is 7.11 Å². The summed E-state index contributed by atoms with van der Waals surface area (Å²) in [6.07, 6.45) is 2.67. The maximum Gasteiger partial charge on any atom is 0.481 e. The summed E-state index contributed by atoms with van der Waals surface area (Å²) in [6, 6.07) is 4.85. The molecule has 1 aromatic carbocycles. The summed E-state index contributed by atoms with van der Waals surface area (Å²) in [5.41, 5.74) is 1.25. The molecule has 1 aliphatic carbocycles. The lowest BCUT2D eigenvalue weighted by Gasteiger charge is -2.32. The summed E-state index contributed by atoms with van der Waals surface area (Å²) in [4.78, 5) is 26.1. The van der Waals surface area contributed by atoms with E-state index in [-0.39, 0.29) is 17.7 Å². The fourth-order valence-electron chi connectivity index (χ4n) is 4.65. The normalized spacial score (nSPS) is 22.3. The van der Waals surface area contributed by atoms with Gasteiger partial charge in [0.1, 0.15) is 11.8 Å². The molecule has 2 amide bonds. The van der Waals surface area contributed by atoms with Gasteiger partial charge in [-0.05, 0) is 82.6 Å². The number of aliphatic hydroxyl groups is 1. The maximum absolute atomic E-state index is 13.1. The van der Waals surface area contributed by atoms with E-state index in [0.717, 1.165) is 17.7 Å². The lowest BCUT2D eigenvalue weighted by atomic mass is 9.74. The van der Waals surface area contributed by atoms with E-state index in [9.17, 15) is 14.7 Å². The topological polar surface area (TPSA) is 106 Å². The van der Waals surface area contributed by atoms with Crippen LogP contribution in [0.25, 0.3) is 0 Å². The van der Waals surface area contributed by atoms with Crippen molar-refractivity contribution in [2.45, 2.75) is 90.4 Å². The summed E-state index contributed by atoms with van der Waals surface area (Å²) in [6.45, 7) is 11.5. The number of rotatable bonds is 9. The van der Waals surface area contributed by atoms with Crippen molar-refractivity contribution in [3.63, 3.8) is 0 Å². The molecule has 0 aromatic heterocycles. The molecule has 3 rings (SSSR count). The molecule has 8 nitrogen and oxygen atoms in total. The highest BCUT2D eigenvalue weighted by Crippen LogP contribution is 2.38. The van der Waals surface area contributed by atoms with Crippen LogP contribution in [0.15, 0.2) is 18.2 Å². The van der Waals surface area contributed by atoms with Crippen molar-refractivity contribution in [2.24, 2.45) is 11.8 Å². The van der Waals surface area contributed by atoms with E-state index in [0.29, 0.717) is 19.3 Å². The number of carbonyl (C=O) groups is 2. The van der Waals surface area contributed by atoms with Crippen molar-refractivity contribution in [3.05, 3.63) is 29.3 Å². The lowest BCUT2D eigenvalue weighted by molar-refractivity contribution is -0.132. The molecular formula is C26H41BN2O6. The van der Waals surface area contributed by atoms with Gasteiger partial charge in [0.05, 0.1) is 30.9 Å². The minimum Gasteiger partial charge on any atom is -0.497 e. The van der Waals surface area contributed by atoms with Crippen molar-refractivity contribution in [3.8, 4) is 5.75 Å². The van der Waals surface area contributed by atoms with E-state index < -0.39 is 42.8 Å². The molecule has 2 unspecified atom stereocenters. The van der Waals surface area contributed by atoms with Crippen LogP contribution >= 0.6 is 0 Å². The van der Waals surface area contributed by atoms with Gasteiger partial charge in [-0.1, -0.05) is 19.9 Å². The highest BCUT2D eigenvalue weighted by molar-refractivity contribution is 6.48. The van der Waals surface area contributed by atoms with Crippen LogP contribution < -0.4 is 15.4 Å². The third kappa shape index (κ3) is 6.37. The second-order valence-electron chi connectivity index (χ2n) is 11.2. The van der Waals surface area contributed by atoms with Gasteiger partial charge < -0.3 is 29.8 Å². The van der Waals surface area contributed by atoms with Crippen LogP contribution in [0.5, 0.6) is 5.75 Å². The van der Waals surface area contributed by atoms with Gasteiger partial charge in [0.2, 0.25) is 11.8 Å². The van der Waals surface area contributed by atoms with Crippen molar-refractivity contribution in [1.29, 1.82) is 0 Å². The minimum atomic E-state index is -1.04. The van der Waals surface area contributed by atoms with Gasteiger partial charge in [-0.15, -0.1) is 0 Å². The Balaban J connectivity index is 1.64. The third-order valence-corrected chi connectivity index (χ3v) is 7.48. The number of hydrogen-bond acceptors (Lipinski definition) is 6. The van der Waals surface area contributed by atoms with Crippen LogP contribution in [0, 0.1) is 11.8 Å². The number of fused-ring (bicyclic) bond motifs is 1.